The average molecular weight is 357 g/mol. The summed E-state index contributed by atoms with van der Waals surface area (Å²) in [6.07, 6.45) is 1.69. The molecule has 3 aromatic rings. The Morgan fingerprint density at radius 1 is 1.09 bits per heavy atom. The molecule has 4 nitrogen and oxygen atoms in total. The van der Waals surface area contributed by atoms with Crippen molar-refractivity contribution in [2.24, 2.45) is 0 Å². The molecule has 0 saturated carbocycles. The highest BCUT2D eigenvalue weighted by Gasteiger charge is 2.10. The van der Waals surface area contributed by atoms with E-state index in [4.69, 9.17) is 4.42 Å². The van der Waals surface area contributed by atoms with E-state index in [0.717, 1.165) is 15.7 Å². The second kappa shape index (κ2) is 6.58. The lowest BCUT2D eigenvalue weighted by atomic mass is 10.2. The number of hydrogen-bond acceptors (Lipinski definition) is 3. The second-order valence-electron chi connectivity index (χ2n) is 4.74. The van der Waals surface area contributed by atoms with Gasteiger partial charge in [0.1, 0.15) is 6.26 Å². The molecule has 1 aromatic heterocycles. The fraction of sp³-hybridized carbons (Fsp3) is 0.0588. The molecule has 1 N–H and O–H groups in total. The number of halogens is 1. The molecular weight excluding hydrogens is 344 g/mol. The van der Waals surface area contributed by atoms with Crippen LogP contribution < -0.4 is 5.32 Å². The van der Waals surface area contributed by atoms with Gasteiger partial charge in [-0.15, -0.1) is 0 Å². The predicted octanol–water partition coefficient (Wildman–Crippen LogP) is 4.29. The summed E-state index contributed by atoms with van der Waals surface area (Å²) in [6, 6.07) is 17.0. The van der Waals surface area contributed by atoms with Crippen molar-refractivity contribution in [1.29, 1.82) is 0 Å². The summed E-state index contributed by atoms with van der Waals surface area (Å²) >= 11 is 3.36. The first kappa shape index (κ1) is 14.5. The molecule has 3 rings (SSSR count). The van der Waals surface area contributed by atoms with Crippen LogP contribution >= 0.6 is 15.9 Å². The molecule has 0 saturated heterocycles. The van der Waals surface area contributed by atoms with E-state index in [2.05, 4.69) is 26.2 Å². The second-order valence-corrected chi connectivity index (χ2v) is 5.66. The van der Waals surface area contributed by atoms with Crippen LogP contribution in [0.2, 0.25) is 0 Å². The first-order valence-electron chi connectivity index (χ1n) is 6.76. The Bertz CT molecular complexity index is 767. The minimum absolute atomic E-state index is 0.129. The fourth-order valence-corrected chi connectivity index (χ4v) is 2.27. The van der Waals surface area contributed by atoms with Gasteiger partial charge >= 0.3 is 0 Å². The number of rotatable bonds is 4. The van der Waals surface area contributed by atoms with Crippen LogP contribution in [0.3, 0.4) is 0 Å². The van der Waals surface area contributed by atoms with Crippen LogP contribution in [0.4, 0.5) is 5.69 Å². The molecule has 2 aromatic carbocycles. The lowest BCUT2D eigenvalue weighted by Gasteiger charge is -2.03. The lowest BCUT2D eigenvalue weighted by Crippen LogP contribution is -2.14. The summed E-state index contributed by atoms with van der Waals surface area (Å²) in [5, 5.41) is 2.83. The molecule has 0 aliphatic rings. The van der Waals surface area contributed by atoms with Crippen LogP contribution in [-0.4, -0.2) is 10.9 Å². The first-order chi connectivity index (χ1) is 10.7. The van der Waals surface area contributed by atoms with Gasteiger partial charge in [0.25, 0.3) is 0 Å². The Morgan fingerprint density at radius 2 is 1.82 bits per heavy atom. The van der Waals surface area contributed by atoms with Crippen molar-refractivity contribution in [2.75, 3.05) is 5.32 Å². The maximum absolute atomic E-state index is 12.0. The van der Waals surface area contributed by atoms with Gasteiger partial charge in [-0.25, -0.2) is 4.98 Å². The van der Waals surface area contributed by atoms with Gasteiger partial charge in [-0.1, -0.05) is 34.1 Å². The van der Waals surface area contributed by atoms with Crippen molar-refractivity contribution >= 4 is 27.5 Å². The van der Waals surface area contributed by atoms with E-state index >= 15 is 0 Å². The molecule has 5 heteroatoms. The smallest absolute Gasteiger partial charge is 0.230 e. The van der Waals surface area contributed by atoms with Crippen LogP contribution in [0.1, 0.15) is 5.69 Å². The van der Waals surface area contributed by atoms with Gasteiger partial charge < -0.3 is 9.73 Å². The topological polar surface area (TPSA) is 55.1 Å². The zero-order valence-electron chi connectivity index (χ0n) is 11.6. The van der Waals surface area contributed by atoms with Gasteiger partial charge in [-0.05, 0) is 36.4 Å². The van der Waals surface area contributed by atoms with Crippen LogP contribution in [0.5, 0.6) is 0 Å². The van der Waals surface area contributed by atoms with E-state index < -0.39 is 0 Å². The SMILES string of the molecule is O=C(Cc1coc(-c2ccccc2)n1)Nc1ccc(Br)cc1. The molecule has 0 fully saturated rings. The number of carbonyl (C=O) groups is 1. The standard InChI is InChI=1S/C17H13BrN2O2/c18-13-6-8-14(9-7-13)19-16(21)10-15-11-22-17(20-15)12-4-2-1-3-5-12/h1-9,11H,10H2,(H,19,21). The summed E-state index contributed by atoms with van der Waals surface area (Å²) in [5.74, 6) is 0.391. The summed E-state index contributed by atoms with van der Waals surface area (Å²) in [7, 11) is 0. The number of oxazole rings is 1. The Kier molecular flexibility index (Phi) is 4.34. The number of amides is 1. The maximum Gasteiger partial charge on any atom is 0.230 e. The van der Waals surface area contributed by atoms with E-state index in [-0.39, 0.29) is 12.3 Å². The van der Waals surface area contributed by atoms with Gasteiger partial charge in [-0.3, -0.25) is 4.79 Å². The molecule has 0 atom stereocenters. The number of nitrogens with zero attached hydrogens (tertiary/aromatic N) is 1. The monoisotopic (exact) mass is 356 g/mol. The normalized spacial score (nSPS) is 10.4. The first-order valence-corrected chi connectivity index (χ1v) is 7.55. The van der Waals surface area contributed by atoms with Crippen LogP contribution in [0, 0.1) is 0 Å². The third kappa shape index (κ3) is 3.62. The highest BCUT2D eigenvalue weighted by Crippen LogP contribution is 2.18. The highest BCUT2D eigenvalue weighted by molar-refractivity contribution is 9.10. The number of carbonyl (C=O) groups excluding carboxylic acids is 1. The minimum Gasteiger partial charge on any atom is -0.444 e. The number of anilines is 1. The maximum atomic E-state index is 12.0. The predicted molar refractivity (Wildman–Crippen MR) is 88.4 cm³/mol. The van der Waals surface area contributed by atoms with Crippen molar-refractivity contribution in [3.05, 3.63) is 71.0 Å². The third-order valence-electron chi connectivity index (χ3n) is 3.04. The Morgan fingerprint density at radius 3 is 2.55 bits per heavy atom. The van der Waals surface area contributed by atoms with E-state index in [0.29, 0.717) is 11.6 Å². The van der Waals surface area contributed by atoms with E-state index in [1.54, 1.807) is 0 Å². The van der Waals surface area contributed by atoms with Gasteiger partial charge in [0, 0.05) is 15.7 Å². The third-order valence-corrected chi connectivity index (χ3v) is 3.57. The number of nitrogens with one attached hydrogen (secondary N) is 1. The average Bonchev–Trinajstić information content (AvgIpc) is 2.99. The quantitative estimate of drug-likeness (QED) is 0.758. The largest absolute Gasteiger partial charge is 0.444 e. The Labute approximate surface area is 136 Å². The fourth-order valence-electron chi connectivity index (χ4n) is 2.00. The minimum atomic E-state index is -0.129. The van der Waals surface area contributed by atoms with Crippen molar-refractivity contribution in [3.8, 4) is 11.5 Å². The zero-order valence-corrected chi connectivity index (χ0v) is 13.2. The van der Waals surface area contributed by atoms with Gasteiger partial charge in [0.15, 0.2) is 0 Å². The van der Waals surface area contributed by atoms with Crippen molar-refractivity contribution in [3.63, 3.8) is 0 Å². The van der Waals surface area contributed by atoms with Crippen molar-refractivity contribution in [2.45, 2.75) is 6.42 Å². The molecule has 0 spiro atoms. The Balaban J connectivity index is 1.65. The van der Waals surface area contributed by atoms with Gasteiger partial charge in [0.2, 0.25) is 11.8 Å². The van der Waals surface area contributed by atoms with Gasteiger partial charge in [-0.2, -0.15) is 0 Å². The van der Waals surface area contributed by atoms with E-state index in [9.17, 15) is 4.79 Å². The van der Waals surface area contributed by atoms with Crippen molar-refractivity contribution in [1.82, 2.24) is 4.98 Å². The molecule has 0 aliphatic heterocycles. The summed E-state index contributed by atoms with van der Waals surface area (Å²) in [6.45, 7) is 0. The molecule has 1 amide bonds. The molecule has 0 unspecified atom stereocenters. The lowest BCUT2D eigenvalue weighted by molar-refractivity contribution is -0.115. The molecule has 0 radical (unpaired) electrons. The molecule has 110 valence electrons. The number of benzene rings is 2. The zero-order chi connectivity index (χ0) is 15.4. The van der Waals surface area contributed by atoms with Crippen LogP contribution in [0.15, 0.2) is 69.8 Å². The summed E-state index contributed by atoms with van der Waals surface area (Å²) < 4.78 is 6.39. The van der Waals surface area contributed by atoms with E-state index in [1.807, 2.05) is 54.6 Å². The van der Waals surface area contributed by atoms with Crippen LogP contribution in [0.25, 0.3) is 11.5 Å². The number of aromatic nitrogens is 1. The highest BCUT2D eigenvalue weighted by atomic mass is 79.9. The molecule has 0 bridgehead atoms. The Hall–Kier alpha value is -2.40. The number of hydrogen-bond donors (Lipinski definition) is 1. The molecule has 0 aliphatic carbocycles. The van der Waals surface area contributed by atoms with Crippen molar-refractivity contribution < 1.29 is 9.21 Å². The molecule has 22 heavy (non-hydrogen) atoms. The molecular formula is C17H13BrN2O2. The van der Waals surface area contributed by atoms with E-state index in [1.165, 1.54) is 6.26 Å². The summed E-state index contributed by atoms with van der Waals surface area (Å²) in [5.41, 5.74) is 2.25. The van der Waals surface area contributed by atoms with Gasteiger partial charge in [0.05, 0.1) is 12.1 Å². The summed E-state index contributed by atoms with van der Waals surface area (Å²) in [4.78, 5) is 16.3. The van der Waals surface area contributed by atoms with Crippen LogP contribution in [-0.2, 0) is 11.2 Å². The molecule has 1 heterocycles.